The molecule has 0 spiro atoms. The fourth-order valence-corrected chi connectivity index (χ4v) is 3.60. The highest BCUT2D eigenvalue weighted by Gasteiger charge is 2.21. The monoisotopic (exact) mass is 366 g/mol. The lowest BCUT2D eigenvalue weighted by Crippen LogP contribution is -2.47. The Hall–Kier alpha value is -2.90. The molecule has 1 fully saturated rings. The van der Waals surface area contributed by atoms with Crippen LogP contribution in [0.3, 0.4) is 0 Å². The van der Waals surface area contributed by atoms with E-state index >= 15 is 0 Å². The van der Waals surface area contributed by atoms with Gasteiger partial charge in [-0.05, 0) is 35.2 Å². The molecule has 7 nitrogen and oxygen atoms in total. The van der Waals surface area contributed by atoms with Gasteiger partial charge in [-0.25, -0.2) is 0 Å². The molecular weight excluding hydrogens is 344 g/mol. The van der Waals surface area contributed by atoms with Gasteiger partial charge in [0.05, 0.1) is 11.0 Å². The molecule has 1 saturated heterocycles. The van der Waals surface area contributed by atoms with Gasteiger partial charge in [-0.15, -0.1) is 0 Å². The summed E-state index contributed by atoms with van der Waals surface area (Å²) < 4.78 is 0. The Morgan fingerprint density at radius 2 is 1.81 bits per heavy atom. The van der Waals surface area contributed by atoms with Crippen LogP contribution >= 0.6 is 0 Å². The number of nitrogens with zero attached hydrogens (tertiary/aromatic N) is 3. The minimum absolute atomic E-state index is 0.111. The lowest BCUT2D eigenvalue weighted by Gasteiger charge is -2.36. The zero-order chi connectivity index (χ0) is 18.8. The van der Waals surface area contributed by atoms with Crippen molar-refractivity contribution in [2.45, 2.75) is 6.10 Å². The Bertz CT molecular complexity index is 930. The van der Waals surface area contributed by atoms with Crippen molar-refractivity contribution < 1.29 is 10.0 Å². The number of benzene rings is 2. The smallest absolute Gasteiger partial charge is 0.269 e. The molecule has 140 valence electrons. The summed E-state index contributed by atoms with van der Waals surface area (Å²) in [6.45, 7) is 3.96. The van der Waals surface area contributed by atoms with Crippen molar-refractivity contribution in [3.63, 3.8) is 0 Å². The van der Waals surface area contributed by atoms with Crippen LogP contribution in [-0.4, -0.2) is 52.6 Å². The fourth-order valence-electron chi connectivity index (χ4n) is 3.60. The van der Waals surface area contributed by atoms with E-state index in [2.05, 4.69) is 14.8 Å². The Balaban J connectivity index is 1.34. The maximum Gasteiger partial charge on any atom is 0.269 e. The third kappa shape index (κ3) is 3.79. The van der Waals surface area contributed by atoms with Gasteiger partial charge in [0.15, 0.2) is 0 Å². The minimum atomic E-state index is -0.524. The number of aromatic amines is 1. The predicted molar refractivity (Wildman–Crippen MR) is 105 cm³/mol. The van der Waals surface area contributed by atoms with Crippen LogP contribution in [0.4, 0.5) is 11.4 Å². The number of nitro benzene ring substituents is 1. The number of non-ortho nitro benzene ring substituents is 1. The zero-order valence-corrected chi connectivity index (χ0v) is 14.9. The van der Waals surface area contributed by atoms with Gasteiger partial charge in [-0.2, -0.15) is 0 Å². The third-order valence-electron chi connectivity index (χ3n) is 5.19. The highest BCUT2D eigenvalue weighted by molar-refractivity contribution is 5.79. The van der Waals surface area contributed by atoms with Crippen molar-refractivity contribution >= 4 is 22.3 Å². The maximum absolute atomic E-state index is 10.8. The molecule has 2 aromatic carbocycles. The molecule has 1 aromatic heterocycles. The molecule has 1 aliphatic heterocycles. The highest BCUT2D eigenvalue weighted by Crippen LogP contribution is 2.23. The molecule has 0 radical (unpaired) electrons. The summed E-state index contributed by atoms with van der Waals surface area (Å²) in [6.07, 6.45) is 1.38. The van der Waals surface area contributed by atoms with Gasteiger partial charge in [-0.3, -0.25) is 15.0 Å². The molecule has 7 heteroatoms. The molecule has 0 amide bonds. The first kappa shape index (κ1) is 17.5. The number of hydrogen-bond donors (Lipinski definition) is 2. The quantitative estimate of drug-likeness (QED) is 0.536. The van der Waals surface area contributed by atoms with Gasteiger partial charge < -0.3 is 15.0 Å². The van der Waals surface area contributed by atoms with Crippen LogP contribution in [0.1, 0.15) is 11.7 Å². The van der Waals surface area contributed by atoms with E-state index in [4.69, 9.17) is 0 Å². The first-order valence-electron chi connectivity index (χ1n) is 9.07. The summed E-state index contributed by atoms with van der Waals surface area (Å²) >= 11 is 0. The van der Waals surface area contributed by atoms with E-state index in [0.29, 0.717) is 6.54 Å². The Labute approximate surface area is 157 Å². The summed E-state index contributed by atoms with van der Waals surface area (Å²) in [5.74, 6) is 0. The van der Waals surface area contributed by atoms with Gasteiger partial charge in [0.1, 0.15) is 0 Å². The summed E-state index contributed by atoms with van der Waals surface area (Å²) in [5.41, 5.74) is 3.06. The summed E-state index contributed by atoms with van der Waals surface area (Å²) in [6, 6.07) is 14.7. The molecule has 1 atom stereocenters. The van der Waals surface area contributed by atoms with Crippen molar-refractivity contribution in [2.75, 3.05) is 37.6 Å². The van der Waals surface area contributed by atoms with Crippen LogP contribution in [0.5, 0.6) is 0 Å². The normalized spacial score (nSPS) is 16.6. The van der Waals surface area contributed by atoms with Crippen molar-refractivity contribution in [3.05, 3.63) is 70.4 Å². The molecule has 0 unspecified atom stereocenters. The predicted octanol–water partition coefficient (Wildman–Crippen LogP) is 2.93. The Morgan fingerprint density at radius 3 is 2.52 bits per heavy atom. The first-order chi connectivity index (χ1) is 13.1. The van der Waals surface area contributed by atoms with Gasteiger partial charge >= 0.3 is 0 Å². The number of anilines is 1. The van der Waals surface area contributed by atoms with E-state index in [1.165, 1.54) is 0 Å². The lowest BCUT2D eigenvalue weighted by molar-refractivity contribution is -0.384. The van der Waals surface area contributed by atoms with Crippen molar-refractivity contribution in [1.29, 1.82) is 0 Å². The fraction of sp³-hybridized carbons (Fsp3) is 0.300. The molecule has 3 aromatic rings. The first-order valence-corrected chi connectivity index (χ1v) is 9.07. The second-order valence-electron chi connectivity index (χ2n) is 6.90. The number of aliphatic hydroxyl groups excluding tert-OH is 1. The van der Waals surface area contributed by atoms with Gasteiger partial charge in [0.2, 0.25) is 0 Å². The second-order valence-corrected chi connectivity index (χ2v) is 6.90. The molecule has 0 bridgehead atoms. The van der Waals surface area contributed by atoms with Crippen LogP contribution in [-0.2, 0) is 0 Å². The topological polar surface area (TPSA) is 85.6 Å². The number of aliphatic hydroxyl groups is 1. The molecular formula is C20H22N4O3. The number of hydrogen-bond acceptors (Lipinski definition) is 5. The number of rotatable bonds is 5. The standard InChI is InChI=1S/C20H22N4O3/c25-20(16-2-1-15-7-8-21-19(15)13-16)14-22-9-11-23(12-10-22)17-3-5-18(6-4-17)24(26)27/h1-8,13,20-21,25H,9-12,14H2/t20-/m0/s1. The van der Waals surface area contributed by atoms with Gasteiger partial charge in [0, 0.05) is 62.3 Å². The van der Waals surface area contributed by atoms with Crippen molar-refractivity contribution in [2.24, 2.45) is 0 Å². The lowest BCUT2D eigenvalue weighted by atomic mass is 10.1. The highest BCUT2D eigenvalue weighted by atomic mass is 16.6. The molecule has 0 saturated carbocycles. The van der Waals surface area contributed by atoms with E-state index in [9.17, 15) is 15.2 Å². The number of nitrogens with one attached hydrogen (secondary N) is 1. The summed E-state index contributed by atoms with van der Waals surface area (Å²) in [4.78, 5) is 18.0. The molecule has 0 aliphatic carbocycles. The van der Waals surface area contributed by atoms with Crippen molar-refractivity contribution in [3.8, 4) is 0 Å². The van der Waals surface area contributed by atoms with E-state index < -0.39 is 6.10 Å². The minimum Gasteiger partial charge on any atom is -0.387 e. The SMILES string of the molecule is O=[N+]([O-])c1ccc(N2CCN(C[C@H](O)c3ccc4cc[nH]c4c3)CC2)cc1. The van der Waals surface area contributed by atoms with E-state index in [1.807, 2.05) is 30.5 Å². The van der Waals surface area contributed by atoms with Gasteiger partial charge in [0.25, 0.3) is 5.69 Å². The molecule has 4 rings (SSSR count). The number of nitro groups is 1. The van der Waals surface area contributed by atoms with Crippen LogP contribution in [0.25, 0.3) is 10.9 Å². The average molecular weight is 366 g/mol. The zero-order valence-electron chi connectivity index (χ0n) is 14.9. The number of aromatic nitrogens is 1. The molecule has 1 aliphatic rings. The largest absolute Gasteiger partial charge is 0.387 e. The number of fused-ring (bicyclic) bond motifs is 1. The van der Waals surface area contributed by atoms with Crippen LogP contribution < -0.4 is 4.90 Å². The van der Waals surface area contributed by atoms with Crippen LogP contribution in [0.2, 0.25) is 0 Å². The van der Waals surface area contributed by atoms with Gasteiger partial charge in [-0.1, -0.05) is 12.1 Å². The number of piperazine rings is 1. The number of β-amino-alcohol motifs (C(OH)–C–C–N with tert-alkyl or cyclic N) is 1. The summed E-state index contributed by atoms with van der Waals surface area (Å²) in [5, 5.41) is 22.5. The van der Waals surface area contributed by atoms with Crippen molar-refractivity contribution in [1.82, 2.24) is 9.88 Å². The Kier molecular flexibility index (Phi) is 4.79. The average Bonchev–Trinajstić information content (AvgIpc) is 3.16. The van der Waals surface area contributed by atoms with E-state index in [1.54, 1.807) is 24.3 Å². The number of H-pyrrole nitrogens is 1. The second kappa shape index (κ2) is 7.38. The molecule has 2 heterocycles. The van der Waals surface area contributed by atoms with E-state index in [0.717, 1.165) is 48.3 Å². The Morgan fingerprint density at radius 1 is 1.07 bits per heavy atom. The maximum atomic E-state index is 10.8. The summed E-state index contributed by atoms with van der Waals surface area (Å²) in [7, 11) is 0. The molecule has 27 heavy (non-hydrogen) atoms. The third-order valence-corrected chi connectivity index (χ3v) is 5.19. The van der Waals surface area contributed by atoms with E-state index in [-0.39, 0.29) is 10.6 Å². The molecule has 2 N–H and O–H groups in total. The van der Waals surface area contributed by atoms with Crippen LogP contribution in [0.15, 0.2) is 54.7 Å². The van der Waals surface area contributed by atoms with Crippen LogP contribution in [0, 0.1) is 10.1 Å².